The van der Waals surface area contributed by atoms with Crippen LogP contribution in [0.2, 0.25) is 0 Å². The molecule has 0 radical (unpaired) electrons. The van der Waals surface area contributed by atoms with E-state index in [1.54, 1.807) is 18.4 Å². The third kappa shape index (κ3) is 3.99. The van der Waals surface area contributed by atoms with E-state index in [9.17, 15) is 5.11 Å². The van der Waals surface area contributed by atoms with Gasteiger partial charge in [-0.05, 0) is 45.1 Å². The van der Waals surface area contributed by atoms with Crippen LogP contribution in [-0.2, 0) is 16.9 Å². The molecule has 1 atom stereocenters. The molecule has 2 aliphatic heterocycles. The highest BCUT2D eigenvalue weighted by molar-refractivity contribution is 7.09. The summed E-state index contributed by atoms with van der Waals surface area (Å²) in [5.74, 6) is 0. The van der Waals surface area contributed by atoms with Crippen molar-refractivity contribution < 1.29 is 9.84 Å². The molecular weight excluding hydrogens is 346 g/mol. The van der Waals surface area contributed by atoms with Crippen molar-refractivity contribution in [3.05, 3.63) is 16.1 Å². The van der Waals surface area contributed by atoms with Gasteiger partial charge in [0.15, 0.2) is 0 Å². The maximum atomic E-state index is 11.2. The Morgan fingerprint density at radius 2 is 1.96 bits per heavy atom. The predicted molar refractivity (Wildman–Crippen MR) is 104 cm³/mol. The number of hydrogen-bond donors (Lipinski definition) is 1. The van der Waals surface area contributed by atoms with Gasteiger partial charge in [-0.25, -0.2) is 4.98 Å². The molecule has 5 nitrogen and oxygen atoms in total. The van der Waals surface area contributed by atoms with Gasteiger partial charge in [0, 0.05) is 37.7 Å². The smallest absolute Gasteiger partial charge is 0.110 e. The van der Waals surface area contributed by atoms with Crippen LogP contribution in [0.15, 0.2) is 5.38 Å². The maximum Gasteiger partial charge on any atom is 0.110 e. The SMILES string of the molecule is COC[C@H]1CCCN1Cc1nc(C2(O)CCN(C3CCCC3)CC2)cs1. The summed E-state index contributed by atoms with van der Waals surface area (Å²) >= 11 is 1.71. The van der Waals surface area contributed by atoms with Crippen molar-refractivity contribution in [3.8, 4) is 0 Å². The molecule has 1 aliphatic carbocycles. The average Bonchev–Trinajstić information content (AvgIpc) is 3.39. The fourth-order valence-corrected chi connectivity index (χ4v) is 5.95. The minimum absolute atomic E-state index is 0.519. The van der Waals surface area contributed by atoms with E-state index >= 15 is 0 Å². The van der Waals surface area contributed by atoms with Crippen molar-refractivity contribution in [3.63, 3.8) is 0 Å². The zero-order valence-corrected chi connectivity index (χ0v) is 16.8. The number of hydrogen-bond acceptors (Lipinski definition) is 6. The summed E-state index contributed by atoms with van der Waals surface area (Å²) in [7, 11) is 1.78. The normalized spacial score (nSPS) is 28.2. The highest BCUT2D eigenvalue weighted by atomic mass is 32.1. The first kappa shape index (κ1) is 18.8. The van der Waals surface area contributed by atoms with Crippen molar-refractivity contribution in [2.45, 2.75) is 75.6 Å². The summed E-state index contributed by atoms with van der Waals surface area (Å²) in [5, 5.41) is 14.4. The molecule has 3 heterocycles. The van der Waals surface area contributed by atoms with Gasteiger partial charge in [0.1, 0.15) is 10.6 Å². The molecule has 1 N–H and O–H groups in total. The molecule has 1 aromatic rings. The molecule has 0 amide bonds. The maximum absolute atomic E-state index is 11.2. The van der Waals surface area contributed by atoms with Crippen molar-refractivity contribution in [1.29, 1.82) is 0 Å². The lowest BCUT2D eigenvalue weighted by molar-refractivity contribution is -0.0379. The van der Waals surface area contributed by atoms with Crippen LogP contribution in [0.1, 0.15) is 62.1 Å². The second-order valence-corrected chi connectivity index (χ2v) is 9.30. The van der Waals surface area contributed by atoms with Gasteiger partial charge in [-0.1, -0.05) is 12.8 Å². The molecular formula is C20H33N3O2S. The van der Waals surface area contributed by atoms with Gasteiger partial charge in [-0.2, -0.15) is 0 Å². The summed E-state index contributed by atoms with van der Waals surface area (Å²) in [6.45, 7) is 4.85. The lowest BCUT2D eigenvalue weighted by Gasteiger charge is -2.40. The fraction of sp³-hybridized carbons (Fsp3) is 0.850. The Morgan fingerprint density at radius 3 is 2.69 bits per heavy atom. The van der Waals surface area contributed by atoms with Crippen LogP contribution in [0, 0.1) is 0 Å². The summed E-state index contributed by atoms with van der Waals surface area (Å²) in [4.78, 5) is 9.94. The molecule has 146 valence electrons. The van der Waals surface area contributed by atoms with E-state index in [1.807, 2.05) is 0 Å². The zero-order valence-electron chi connectivity index (χ0n) is 16.0. The second kappa shape index (κ2) is 8.23. The van der Waals surface area contributed by atoms with Crippen LogP contribution < -0.4 is 0 Å². The summed E-state index contributed by atoms with van der Waals surface area (Å²) in [5.41, 5.74) is 0.187. The van der Waals surface area contributed by atoms with E-state index in [4.69, 9.17) is 9.72 Å². The van der Waals surface area contributed by atoms with E-state index in [-0.39, 0.29) is 0 Å². The minimum Gasteiger partial charge on any atom is -0.383 e. The molecule has 1 saturated carbocycles. The Morgan fingerprint density at radius 1 is 1.19 bits per heavy atom. The highest BCUT2D eigenvalue weighted by Gasteiger charge is 2.38. The minimum atomic E-state index is -0.721. The van der Waals surface area contributed by atoms with Gasteiger partial charge < -0.3 is 14.7 Å². The first-order valence-electron chi connectivity index (χ1n) is 10.3. The summed E-state index contributed by atoms with van der Waals surface area (Å²) in [6, 6.07) is 1.28. The molecule has 1 aromatic heterocycles. The topological polar surface area (TPSA) is 48.8 Å². The van der Waals surface area contributed by atoms with E-state index in [1.165, 1.54) is 38.5 Å². The largest absolute Gasteiger partial charge is 0.383 e. The number of aromatic nitrogens is 1. The van der Waals surface area contributed by atoms with Gasteiger partial charge in [-0.3, -0.25) is 4.90 Å². The van der Waals surface area contributed by atoms with Crippen molar-refractivity contribution in [2.24, 2.45) is 0 Å². The van der Waals surface area contributed by atoms with Gasteiger partial charge >= 0.3 is 0 Å². The highest BCUT2D eigenvalue weighted by Crippen LogP contribution is 2.36. The molecule has 0 aromatic carbocycles. The van der Waals surface area contributed by atoms with Gasteiger partial charge in [0.05, 0.1) is 18.8 Å². The van der Waals surface area contributed by atoms with Gasteiger partial charge in [0.25, 0.3) is 0 Å². The van der Waals surface area contributed by atoms with Gasteiger partial charge in [-0.15, -0.1) is 11.3 Å². The van der Waals surface area contributed by atoms with E-state index < -0.39 is 5.60 Å². The van der Waals surface area contributed by atoms with E-state index in [2.05, 4.69) is 15.2 Å². The third-order valence-electron chi connectivity index (χ3n) is 6.69. The molecule has 3 aliphatic rings. The van der Waals surface area contributed by atoms with Crippen LogP contribution in [-0.4, -0.2) is 65.3 Å². The van der Waals surface area contributed by atoms with Gasteiger partial charge in [0.2, 0.25) is 0 Å². The Balaban J connectivity index is 1.35. The van der Waals surface area contributed by atoms with Crippen LogP contribution in [0.4, 0.5) is 0 Å². The first-order valence-corrected chi connectivity index (χ1v) is 11.2. The number of aliphatic hydroxyl groups is 1. The lowest BCUT2D eigenvalue weighted by Crippen LogP contribution is -2.46. The first-order chi connectivity index (χ1) is 12.7. The lowest BCUT2D eigenvalue weighted by atomic mass is 9.88. The monoisotopic (exact) mass is 379 g/mol. The summed E-state index contributed by atoms with van der Waals surface area (Å²) < 4.78 is 5.36. The molecule has 3 fully saturated rings. The Hall–Kier alpha value is -0.530. The standard InChI is InChI=1S/C20H33N3O2S/c1-25-14-17-7-4-10-23(17)13-19-21-18(15-26-19)20(24)8-11-22(12-9-20)16-5-2-3-6-16/h15-17,24H,2-14H2,1H3/t17-/m1/s1. The summed E-state index contributed by atoms with van der Waals surface area (Å²) in [6.07, 6.45) is 9.55. The van der Waals surface area contributed by atoms with Crippen molar-refractivity contribution in [1.82, 2.24) is 14.8 Å². The van der Waals surface area contributed by atoms with Crippen molar-refractivity contribution >= 4 is 11.3 Å². The van der Waals surface area contributed by atoms with Crippen LogP contribution in [0.5, 0.6) is 0 Å². The number of rotatable bonds is 6. The molecule has 0 bridgehead atoms. The van der Waals surface area contributed by atoms with Crippen LogP contribution in [0.3, 0.4) is 0 Å². The third-order valence-corrected chi connectivity index (χ3v) is 7.52. The van der Waals surface area contributed by atoms with Crippen molar-refractivity contribution in [2.75, 3.05) is 33.4 Å². The Labute approximate surface area is 161 Å². The molecule has 0 spiro atoms. The predicted octanol–water partition coefficient (Wildman–Crippen LogP) is 2.98. The zero-order chi connectivity index (χ0) is 18.0. The quantitative estimate of drug-likeness (QED) is 0.823. The fourth-order valence-electron chi connectivity index (χ4n) is 5.04. The van der Waals surface area contributed by atoms with E-state index in [0.29, 0.717) is 6.04 Å². The molecule has 4 rings (SSSR count). The number of ether oxygens (including phenoxy) is 1. The van der Waals surface area contributed by atoms with Crippen LogP contribution >= 0.6 is 11.3 Å². The number of nitrogens with zero attached hydrogens (tertiary/aromatic N) is 3. The Bertz CT molecular complexity index is 579. The number of piperidine rings is 1. The number of thiazole rings is 1. The molecule has 2 saturated heterocycles. The Kier molecular flexibility index (Phi) is 5.96. The number of likely N-dealkylation sites (tertiary alicyclic amines) is 2. The van der Waals surface area contributed by atoms with Crippen LogP contribution in [0.25, 0.3) is 0 Å². The molecule has 6 heteroatoms. The van der Waals surface area contributed by atoms with E-state index in [0.717, 1.165) is 62.4 Å². The number of methoxy groups -OCH3 is 1. The average molecular weight is 380 g/mol. The second-order valence-electron chi connectivity index (χ2n) is 8.35. The molecule has 0 unspecified atom stereocenters. The molecule has 26 heavy (non-hydrogen) atoms.